The fraction of sp³-hybridized carbons (Fsp3) is 0.333. The Labute approximate surface area is 118 Å². The third kappa shape index (κ3) is 2.52. The first-order valence-electron chi connectivity index (χ1n) is 6.72. The van der Waals surface area contributed by atoms with Gasteiger partial charge in [0.2, 0.25) is 0 Å². The molecule has 0 aliphatic heterocycles. The normalized spacial score (nSPS) is 12.1. The summed E-state index contributed by atoms with van der Waals surface area (Å²) in [5.74, 6) is 0.937. The lowest BCUT2D eigenvalue weighted by atomic mass is 10.1. The zero-order valence-electron chi connectivity index (χ0n) is 12.0. The van der Waals surface area contributed by atoms with Crippen molar-refractivity contribution in [2.45, 2.75) is 26.8 Å². The van der Waals surface area contributed by atoms with E-state index in [1.807, 2.05) is 30.3 Å². The lowest BCUT2D eigenvalue weighted by molar-refractivity contribution is 0.318. The molecule has 0 spiro atoms. The van der Waals surface area contributed by atoms with Crippen LogP contribution in [0, 0.1) is 0 Å². The number of hydrogen-bond donors (Lipinski definition) is 2. The van der Waals surface area contributed by atoms with Crippen LogP contribution in [0.1, 0.15) is 26.3 Å². The maximum Gasteiger partial charge on any atom is 0.170 e. The van der Waals surface area contributed by atoms with Gasteiger partial charge in [0.1, 0.15) is 5.82 Å². The Hall–Kier alpha value is -2.30. The number of nitrogens with zero attached hydrogens (tertiary/aromatic N) is 3. The molecule has 0 amide bonds. The van der Waals surface area contributed by atoms with E-state index in [2.05, 4.69) is 35.8 Å². The summed E-state index contributed by atoms with van der Waals surface area (Å²) in [4.78, 5) is 6.85. The third-order valence-corrected chi connectivity index (χ3v) is 3.34. The van der Waals surface area contributed by atoms with E-state index >= 15 is 0 Å². The summed E-state index contributed by atoms with van der Waals surface area (Å²) in [6.45, 7) is 7.16. The minimum atomic E-state index is 0.102. The summed E-state index contributed by atoms with van der Waals surface area (Å²) >= 11 is 0. The SMILES string of the molecule is CCN(c1cc(C(N)=NO)c2ccccc2n1)C(C)C. The van der Waals surface area contributed by atoms with Crippen molar-refractivity contribution < 1.29 is 5.21 Å². The highest BCUT2D eigenvalue weighted by atomic mass is 16.4. The summed E-state index contributed by atoms with van der Waals surface area (Å²) in [5.41, 5.74) is 7.34. The van der Waals surface area contributed by atoms with E-state index in [1.54, 1.807) is 0 Å². The second-order valence-electron chi connectivity index (χ2n) is 4.91. The standard InChI is InChI=1S/C15H20N4O/c1-4-19(10(2)3)14-9-12(15(16)18-20)11-7-5-6-8-13(11)17-14/h5-10,20H,4H2,1-3H3,(H2,16,18). The minimum Gasteiger partial charge on any atom is -0.409 e. The number of amidine groups is 1. The van der Waals surface area contributed by atoms with Gasteiger partial charge in [0.25, 0.3) is 0 Å². The summed E-state index contributed by atoms with van der Waals surface area (Å²) < 4.78 is 0. The molecule has 0 saturated heterocycles. The highest BCUT2D eigenvalue weighted by molar-refractivity contribution is 6.08. The molecule has 0 atom stereocenters. The average molecular weight is 272 g/mol. The van der Waals surface area contributed by atoms with Crippen LogP contribution in [0.15, 0.2) is 35.5 Å². The van der Waals surface area contributed by atoms with Gasteiger partial charge in [0, 0.05) is 23.5 Å². The number of fused-ring (bicyclic) bond motifs is 1. The molecule has 2 aromatic rings. The van der Waals surface area contributed by atoms with Gasteiger partial charge in [-0.3, -0.25) is 0 Å². The van der Waals surface area contributed by atoms with Crippen LogP contribution in [0.4, 0.5) is 5.82 Å². The predicted octanol–water partition coefficient (Wildman–Crippen LogP) is 2.56. The smallest absolute Gasteiger partial charge is 0.170 e. The molecule has 1 aromatic heterocycles. The van der Waals surface area contributed by atoms with Crippen LogP contribution in [0.3, 0.4) is 0 Å². The summed E-state index contributed by atoms with van der Waals surface area (Å²) in [7, 11) is 0. The van der Waals surface area contributed by atoms with Crippen LogP contribution >= 0.6 is 0 Å². The molecular formula is C15H20N4O. The number of rotatable bonds is 4. The molecule has 0 saturated carbocycles. The Balaban J connectivity index is 2.70. The number of oxime groups is 1. The van der Waals surface area contributed by atoms with Crippen LogP contribution in [-0.2, 0) is 0 Å². The molecule has 5 heteroatoms. The first-order valence-corrected chi connectivity index (χ1v) is 6.72. The first-order chi connectivity index (χ1) is 9.58. The Bertz CT molecular complexity index is 637. The zero-order valence-corrected chi connectivity index (χ0v) is 12.0. The molecule has 5 nitrogen and oxygen atoms in total. The topological polar surface area (TPSA) is 74.7 Å². The Morgan fingerprint density at radius 1 is 1.40 bits per heavy atom. The summed E-state index contributed by atoms with van der Waals surface area (Å²) in [6.07, 6.45) is 0. The summed E-state index contributed by atoms with van der Waals surface area (Å²) in [6, 6.07) is 9.90. The molecule has 0 bridgehead atoms. The molecule has 0 aliphatic rings. The number of anilines is 1. The van der Waals surface area contributed by atoms with Crippen molar-refractivity contribution in [3.63, 3.8) is 0 Å². The van der Waals surface area contributed by atoms with E-state index in [0.717, 1.165) is 23.3 Å². The Morgan fingerprint density at radius 3 is 2.70 bits per heavy atom. The van der Waals surface area contributed by atoms with Gasteiger partial charge in [0.15, 0.2) is 5.84 Å². The van der Waals surface area contributed by atoms with Gasteiger partial charge in [-0.2, -0.15) is 0 Å². The first kappa shape index (κ1) is 14.1. The van der Waals surface area contributed by atoms with Crippen LogP contribution < -0.4 is 10.6 Å². The van der Waals surface area contributed by atoms with Crippen LogP contribution in [0.25, 0.3) is 10.9 Å². The number of para-hydroxylation sites is 1. The van der Waals surface area contributed by atoms with Gasteiger partial charge in [-0.15, -0.1) is 0 Å². The molecule has 0 radical (unpaired) electrons. The molecule has 0 aliphatic carbocycles. The molecule has 106 valence electrons. The molecule has 2 rings (SSSR count). The lowest BCUT2D eigenvalue weighted by Gasteiger charge is -2.27. The second-order valence-corrected chi connectivity index (χ2v) is 4.91. The number of nitrogens with two attached hydrogens (primary N) is 1. The van der Waals surface area contributed by atoms with E-state index in [-0.39, 0.29) is 5.84 Å². The number of pyridine rings is 1. The third-order valence-electron chi connectivity index (χ3n) is 3.34. The van der Waals surface area contributed by atoms with E-state index < -0.39 is 0 Å². The molecule has 0 fully saturated rings. The maximum absolute atomic E-state index is 8.97. The lowest BCUT2D eigenvalue weighted by Crippen LogP contribution is -2.31. The minimum absolute atomic E-state index is 0.102. The fourth-order valence-electron chi connectivity index (χ4n) is 2.37. The van der Waals surface area contributed by atoms with E-state index in [1.165, 1.54) is 0 Å². The van der Waals surface area contributed by atoms with Gasteiger partial charge in [-0.25, -0.2) is 4.98 Å². The number of hydrogen-bond acceptors (Lipinski definition) is 4. The van der Waals surface area contributed by atoms with E-state index in [9.17, 15) is 0 Å². The summed E-state index contributed by atoms with van der Waals surface area (Å²) in [5, 5.41) is 13.0. The van der Waals surface area contributed by atoms with Crippen molar-refractivity contribution in [3.8, 4) is 0 Å². The van der Waals surface area contributed by atoms with E-state index in [4.69, 9.17) is 10.9 Å². The molecule has 1 heterocycles. The van der Waals surface area contributed by atoms with Crippen molar-refractivity contribution in [2.24, 2.45) is 10.9 Å². The van der Waals surface area contributed by atoms with Crippen molar-refractivity contribution in [2.75, 3.05) is 11.4 Å². The maximum atomic E-state index is 8.97. The Morgan fingerprint density at radius 2 is 2.10 bits per heavy atom. The molecule has 0 unspecified atom stereocenters. The highest BCUT2D eigenvalue weighted by Gasteiger charge is 2.14. The Kier molecular flexibility index (Phi) is 4.08. The quantitative estimate of drug-likeness (QED) is 0.388. The van der Waals surface area contributed by atoms with Gasteiger partial charge in [0.05, 0.1) is 5.52 Å². The second kappa shape index (κ2) is 5.77. The van der Waals surface area contributed by atoms with Gasteiger partial charge in [-0.1, -0.05) is 23.4 Å². The average Bonchev–Trinajstić information content (AvgIpc) is 2.46. The molecular weight excluding hydrogens is 252 g/mol. The van der Waals surface area contributed by atoms with Gasteiger partial charge in [-0.05, 0) is 32.9 Å². The highest BCUT2D eigenvalue weighted by Crippen LogP contribution is 2.24. The van der Waals surface area contributed by atoms with Crippen molar-refractivity contribution in [3.05, 3.63) is 35.9 Å². The zero-order chi connectivity index (χ0) is 14.7. The van der Waals surface area contributed by atoms with E-state index in [0.29, 0.717) is 11.6 Å². The van der Waals surface area contributed by atoms with Crippen LogP contribution in [0.5, 0.6) is 0 Å². The monoisotopic (exact) mass is 272 g/mol. The molecule has 1 aromatic carbocycles. The predicted molar refractivity (Wildman–Crippen MR) is 82.4 cm³/mol. The molecule has 20 heavy (non-hydrogen) atoms. The fourth-order valence-corrected chi connectivity index (χ4v) is 2.37. The largest absolute Gasteiger partial charge is 0.409 e. The molecule has 3 N–H and O–H groups in total. The van der Waals surface area contributed by atoms with Crippen LogP contribution in [-0.4, -0.2) is 28.6 Å². The number of aromatic nitrogens is 1. The van der Waals surface area contributed by atoms with Crippen molar-refractivity contribution in [1.29, 1.82) is 0 Å². The van der Waals surface area contributed by atoms with Crippen molar-refractivity contribution >= 4 is 22.6 Å². The van der Waals surface area contributed by atoms with Crippen LogP contribution in [0.2, 0.25) is 0 Å². The van der Waals surface area contributed by atoms with Crippen molar-refractivity contribution in [1.82, 2.24) is 4.98 Å². The number of benzene rings is 1. The van der Waals surface area contributed by atoms with Gasteiger partial charge < -0.3 is 15.8 Å². The van der Waals surface area contributed by atoms with Gasteiger partial charge >= 0.3 is 0 Å².